The molecule has 0 saturated carbocycles. The highest BCUT2D eigenvalue weighted by atomic mass is 35.5. The third-order valence-electron chi connectivity index (χ3n) is 3.88. The molecule has 0 aliphatic carbocycles. The Kier molecular flexibility index (Phi) is 3.78. The fourth-order valence-corrected chi connectivity index (χ4v) is 3.88. The standard InChI is InChI=1S/C18H11ClN2O3S/c1-21-13-7-6-10(19)8-15(13)25-18(21)20-17(23)12-9-24-14-5-3-2-4-11(14)16(12)22/h2-9H,1H3. The fourth-order valence-electron chi connectivity index (χ4n) is 2.59. The van der Waals surface area contributed by atoms with Crippen LogP contribution in [0, 0.1) is 0 Å². The van der Waals surface area contributed by atoms with E-state index in [4.69, 9.17) is 16.0 Å². The van der Waals surface area contributed by atoms with Crippen LogP contribution >= 0.6 is 22.9 Å². The summed E-state index contributed by atoms with van der Waals surface area (Å²) in [5.41, 5.74) is 0.870. The van der Waals surface area contributed by atoms with E-state index >= 15 is 0 Å². The summed E-state index contributed by atoms with van der Waals surface area (Å²) in [5, 5.41) is 0.971. The number of aryl methyl sites for hydroxylation is 1. The Labute approximate surface area is 150 Å². The molecule has 0 fully saturated rings. The van der Waals surface area contributed by atoms with Crippen LogP contribution in [0.2, 0.25) is 5.02 Å². The largest absolute Gasteiger partial charge is 0.463 e. The first-order valence-electron chi connectivity index (χ1n) is 7.39. The normalized spacial score (nSPS) is 12.2. The first kappa shape index (κ1) is 15.8. The zero-order chi connectivity index (χ0) is 17.6. The lowest BCUT2D eigenvalue weighted by Crippen LogP contribution is -2.18. The van der Waals surface area contributed by atoms with Gasteiger partial charge in [0.1, 0.15) is 17.4 Å². The van der Waals surface area contributed by atoms with Crippen LogP contribution in [-0.4, -0.2) is 10.5 Å². The third kappa shape index (κ3) is 2.69. The van der Waals surface area contributed by atoms with Crippen LogP contribution in [-0.2, 0) is 7.05 Å². The number of thiazole rings is 1. The maximum Gasteiger partial charge on any atom is 0.286 e. The van der Waals surface area contributed by atoms with Crippen molar-refractivity contribution in [1.82, 2.24) is 4.57 Å². The highest BCUT2D eigenvalue weighted by Gasteiger charge is 2.14. The average Bonchev–Trinajstić information content (AvgIpc) is 2.90. The lowest BCUT2D eigenvalue weighted by atomic mass is 10.2. The number of hydrogen-bond acceptors (Lipinski definition) is 4. The predicted octanol–water partition coefficient (Wildman–Crippen LogP) is 3.74. The molecule has 2 heterocycles. The molecule has 0 unspecified atom stereocenters. The molecule has 0 spiro atoms. The van der Waals surface area contributed by atoms with Crippen LogP contribution in [0.3, 0.4) is 0 Å². The van der Waals surface area contributed by atoms with E-state index in [9.17, 15) is 9.59 Å². The molecule has 0 aliphatic rings. The second kappa shape index (κ2) is 5.98. The number of fused-ring (bicyclic) bond motifs is 2. The molecule has 124 valence electrons. The number of amides is 1. The highest BCUT2D eigenvalue weighted by molar-refractivity contribution is 7.16. The summed E-state index contributed by atoms with van der Waals surface area (Å²) in [6.07, 6.45) is 1.17. The number of para-hydroxylation sites is 1. The van der Waals surface area contributed by atoms with Crippen molar-refractivity contribution in [1.29, 1.82) is 0 Å². The van der Waals surface area contributed by atoms with Gasteiger partial charge in [-0.1, -0.05) is 35.1 Å². The van der Waals surface area contributed by atoms with E-state index in [-0.39, 0.29) is 11.0 Å². The molecular formula is C18H11ClN2O3S. The van der Waals surface area contributed by atoms with Crippen LogP contribution in [0.5, 0.6) is 0 Å². The first-order valence-corrected chi connectivity index (χ1v) is 8.59. The van der Waals surface area contributed by atoms with Gasteiger partial charge in [-0.05, 0) is 30.3 Å². The molecule has 0 atom stereocenters. The van der Waals surface area contributed by atoms with E-state index in [0.717, 1.165) is 10.2 Å². The number of aromatic nitrogens is 1. The molecule has 4 rings (SSSR count). The summed E-state index contributed by atoms with van der Waals surface area (Å²) >= 11 is 7.33. The first-order chi connectivity index (χ1) is 12.0. The second-order valence-corrected chi connectivity index (χ2v) is 6.89. The smallest absolute Gasteiger partial charge is 0.286 e. The Bertz CT molecular complexity index is 1270. The predicted molar refractivity (Wildman–Crippen MR) is 98.2 cm³/mol. The van der Waals surface area contributed by atoms with Crippen molar-refractivity contribution >= 4 is 50.0 Å². The molecule has 0 radical (unpaired) electrons. The molecule has 0 N–H and O–H groups in total. The molecule has 0 aliphatic heterocycles. The number of nitrogens with zero attached hydrogens (tertiary/aromatic N) is 2. The lowest BCUT2D eigenvalue weighted by molar-refractivity contribution is 0.0995. The number of halogens is 1. The molecule has 0 saturated heterocycles. The van der Waals surface area contributed by atoms with E-state index in [1.54, 1.807) is 34.9 Å². The number of hydrogen-bond donors (Lipinski definition) is 0. The molecule has 1 amide bonds. The summed E-state index contributed by atoms with van der Waals surface area (Å²) in [6, 6.07) is 12.2. The fraction of sp³-hybridized carbons (Fsp3) is 0.0556. The van der Waals surface area contributed by atoms with Crippen LogP contribution < -0.4 is 10.2 Å². The van der Waals surface area contributed by atoms with Crippen molar-refractivity contribution in [3.8, 4) is 0 Å². The summed E-state index contributed by atoms with van der Waals surface area (Å²) in [6.45, 7) is 0. The van der Waals surface area contributed by atoms with Gasteiger partial charge in [0.15, 0.2) is 4.80 Å². The van der Waals surface area contributed by atoms with Gasteiger partial charge >= 0.3 is 0 Å². The molecule has 2 aromatic heterocycles. The minimum atomic E-state index is -0.632. The van der Waals surface area contributed by atoms with Crippen LogP contribution in [0.25, 0.3) is 21.2 Å². The van der Waals surface area contributed by atoms with E-state index in [1.165, 1.54) is 17.6 Å². The number of benzene rings is 2. The Balaban J connectivity index is 1.87. The van der Waals surface area contributed by atoms with Crippen molar-refractivity contribution in [2.45, 2.75) is 0 Å². The van der Waals surface area contributed by atoms with Gasteiger partial charge in [0.2, 0.25) is 5.43 Å². The van der Waals surface area contributed by atoms with Crippen molar-refractivity contribution in [2.24, 2.45) is 12.0 Å². The Morgan fingerprint density at radius 2 is 2.04 bits per heavy atom. The maximum absolute atomic E-state index is 12.5. The molecule has 5 nitrogen and oxygen atoms in total. The molecular weight excluding hydrogens is 360 g/mol. The molecule has 25 heavy (non-hydrogen) atoms. The lowest BCUT2D eigenvalue weighted by Gasteiger charge is -1.98. The van der Waals surface area contributed by atoms with Crippen molar-refractivity contribution in [2.75, 3.05) is 0 Å². The van der Waals surface area contributed by atoms with Gasteiger partial charge in [0, 0.05) is 12.1 Å². The zero-order valence-corrected chi connectivity index (χ0v) is 14.6. The zero-order valence-electron chi connectivity index (χ0n) is 13.0. The van der Waals surface area contributed by atoms with E-state index in [2.05, 4.69) is 4.99 Å². The van der Waals surface area contributed by atoms with Gasteiger partial charge < -0.3 is 8.98 Å². The minimum absolute atomic E-state index is 0.0887. The van der Waals surface area contributed by atoms with Gasteiger partial charge in [-0.25, -0.2) is 0 Å². The number of rotatable bonds is 1. The number of carbonyl (C=O) groups excluding carboxylic acids is 1. The second-order valence-electron chi connectivity index (χ2n) is 5.45. The van der Waals surface area contributed by atoms with Crippen molar-refractivity contribution < 1.29 is 9.21 Å². The van der Waals surface area contributed by atoms with Crippen LogP contribution in [0.15, 0.2) is 62.9 Å². The van der Waals surface area contributed by atoms with Crippen LogP contribution in [0.4, 0.5) is 0 Å². The van der Waals surface area contributed by atoms with Crippen molar-refractivity contribution in [3.63, 3.8) is 0 Å². The minimum Gasteiger partial charge on any atom is -0.463 e. The summed E-state index contributed by atoms with van der Waals surface area (Å²) in [7, 11) is 1.81. The third-order valence-corrected chi connectivity index (χ3v) is 5.21. The van der Waals surface area contributed by atoms with E-state index in [1.807, 2.05) is 19.2 Å². The Morgan fingerprint density at radius 3 is 2.88 bits per heavy atom. The summed E-state index contributed by atoms with van der Waals surface area (Å²) < 4.78 is 8.08. The summed E-state index contributed by atoms with van der Waals surface area (Å²) in [4.78, 5) is 29.6. The quantitative estimate of drug-likeness (QED) is 0.512. The van der Waals surface area contributed by atoms with Gasteiger partial charge in [-0.2, -0.15) is 4.99 Å². The van der Waals surface area contributed by atoms with Gasteiger partial charge in [-0.3, -0.25) is 9.59 Å². The highest BCUT2D eigenvalue weighted by Crippen LogP contribution is 2.21. The van der Waals surface area contributed by atoms with E-state index in [0.29, 0.717) is 20.8 Å². The Morgan fingerprint density at radius 1 is 1.24 bits per heavy atom. The molecule has 4 aromatic rings. The molecule has 7 heteroatoms. The van der Waals surface area contributed by atoms with Gasteiger partial charge in [0.25, 0.3) is 5.91 Å². The van der Waals surface area contributed by atoms with Gasteiger partial charge in [-0.15, -0.1) is 0 Å². The van der Waals surface area contributed by atoms with Crippen molar-refractivity contribution in [3.05, 3.63) is 74.3 Å². The Hall–Kier alpha value is -2.70. The van der Waals surface area contributed by atoms with Gasteiger partial charge in [0.05, 0.1) is 15.6 Å². The van der Waals surface area contributed by atoms with E-state index < -0.39 is 5.91 Å². The SMILES string of the molecule is Cn1c(=NC(=O)c2coc3ccccc3c2=O)sc2cc(Cl)ccc21. The molecule has 2 aromatic carbocycles. The monoisotopic (exact) mass is 370 g/mol. The maximum atomic E-state index is 12.5. The number of carbonyl (C=O) groups is 1. The average molecular weight is 371 g/mol. The summed E-state index contributed by atoms with van der Waals surface area (Å²) in [5.74, 6) is -0.632. The van der Waals surface area contributed by atoms with Crippen LogP contribution in [0.1, 0.15) is 10.4 Å². The topological polar surface area (TPSA) is 64.6 Å². The molecule has 0 bridgehead atoms.